The highest BCUT2D eigenvalue weighted by Gasteiger charge is 2.14. The van der Waals surface area contributed by atoms with Gasteiger partial charge in [-0.25, -0.2) is 9.18 Å². The normalized spacial score (nSPS) is 10.5. The van der Waals surface area contributed by atoms with Gasteiger partial charge in [0.1, 0.15) is 5.82 Å². The van der Waals surface area contributed by atoms with Gasteiger partial charge < -0.3 is 14.6 Å². The summed E-state index contributed by atoms with van der Waals surface area (Å²) in [4.78, 5) is 28.4. The third-order valence-electron chi connectivity index (χ3n) is 4.44. The summed E-state index contributed by atoms with van der Waals surface area (Å²) in [5, 5.41) is 6.64. The fourth-order valence-electron chi connectivity index (χ4n) is 2.89. The van der Waals surface area contributed by atoms with Gasteiger partial charge in [-0.05, 0) is 54.6 Å². The molecule has 31 heavy (non-hydrogen) atoms. The highest BCUT2D eigenvalue weighted by Crippen LogP contribution is 2.24. The molecule has 0 atom stereocenters. The lowest BCUT2D eigenvalue weighted by Gasteiger charge is -2.07. The molecular formula is C23H16FN3O4. The molecule has 1 heterocycles. The van der Waals surface area contributed by atoms with Crippen molar-refractivity contribution in [1.29, 1.82) is 0 Å². The van der Waals surface area contributed by atoms with E-state index in [0.717, 1.165) is 0 Å². The van der Waals surface area contributed by atoms with Gasteiger partial charge in [0.15, 0.2) is 0 Å². The van der Waals surface area contributed by atoms with Gasteiger partial charge in [0.25, 0.3) is 11.8 Å². The van der Waals surface area contributed by atoms with E-state index in [0.29, 0.717) is 27.9 Å². The van der Waals surface area contributed by atoms with Crippen LogP contribution >= 0.6 is 0 Å². The van der Waals surface area contributed by atoms with Crippen LogP contribution in [0.5, 0.6) is 0 Å². The summed E-state index contributed by atoms with van der Waals surface area (Å²) >= 11 is 0. The van der Waals surface area contributed by atoms with E-state index in [2.05, 4.69) is 20.2 Å². The van der Waals surface area contributed by atoms with Crippen molar-refractivity contribution in [3.63, 3.8) is 0 Å². The first-order valence-corrected chi connectivity index (χ1v) is 9.23. The monoisotopic (exact) mass is 417 g/mol. The molecule has 0 aliphatic carbocycles. The Labute approximate surface area is 176 Å². The molecular weight excluding hydrogens is 401 g/mol. The maximum absolute atomic E-state index is 13.4. The van der Waals surface area contributed by atoms with E-state index in [4.69, 9.17) is 4.52 Å². The highest BCUT2D eigenvalue weighted by atomic mass is 19.1. The largest absolute Gasteiger partial charge is 0.465 e. The molecule has 1 aromatic heterocycles. The number of benzene rings is 3. The molecule has 7 nitrogen and oxygen atoms in total. The Hall–Kier alpha value is -4.33. The number of carbonyl (C=O) groups is 2. The Morgan fingerprint density at radius 2 is 1.68 bits per heavy atom. The quantitative estimate of drug-likeness (QED) is 0.478. The van der Waals surface area contributed by atoms with E-state index in [-0.39, 0.29) is 17.6 Å². The van der Waals surface area contributed by atoms with Gasteiger partial charge in [0.2, 0.25) is 5.82 Å². The average Bonchev–Trinajstić information content (AvgIpc) is 3.30. The summed E-state index contributed by atoms with van der Waals surface area (Å²) in [5.74, 6) is -0.756. The van der Waals surface area contributed by atoms with Crippen LogP contribution in [-0.2, 0) is 4.74 Å². The van der Waals surface area contributed by atoms with Crippen molar-refractivity contribution in [1.82, 2.24) is 10.1 Å². The molecule has 1 N–H and O–H groups in total. The summed E-state index contributed by atoms with van der Waals surface area (Å²) in [6.07, 6.45) is 0. The number of rotatable bonds is 5. The smallest absolute Gasteiger partial charge is 0.337 e. The number of amides is 1. The zero-order chi connectivity index (χ0) is 21.8. The van der Waals surface area contributed by atoms with Gasteiger partial charge in [-0.2, -0.15) is 4.98 Å². The van der Waals surface area contributed by atoms with Crippen molar-refractivity contribution in [2.45, 2.75) is 0 Å². The predicted octanol–water partition coefficient (Wildman–Crippen LogP) is 4.58. The summed E-state index contributed by atoms with van der Waals surface area (Å²) in [7, 11) is 1.30. The first-order chi connectivity index (χ1) is 15.0. The molecule has 4 aromatic rings. The minimum Gasteiger partial charge on any atom is -0.465 e. The van der Waals surface area contributed by atoms with Gasteiger partial charge >= 0.3 is 5.97 Å². The van der Waals surface area contributed by atoms with Crippen LogP contribution in [0.3, 0.4) is 0 Å². The molecule has 0 radical (unpaired) electrons. The number of carbonyl (C=O) groups excluding carboxylic acids is 2. The Balaban J connectivity index is 1.52. The molecule has 8 heteroatoms. The molecule has 154 valence electrons. The molecule has 0 aliphatic heterocycles. The van der Waals surface area contributed by atoms with Crippen molar-refractivity contribution in [2.24, 2.45) is 0 Å². The number of esters is 1. The lowest BCUT2D eigenvalue weighted by Crippen LogP contribution is -2.12. The fraction of sp³-hybridized carbons (Fsp3) is 0.0435. The van der Waals surface area contributed by atoms with Gasteiger partial charge in [-0.1, -0.05) is 23.4 Å². The van der Waals surface area contributed by atoms with Gasteiger partial charge in [0.05, 0.1) is 12.7 Å². The van der Waals surface area contributed by atoms with Gasteiger partial charge in [-0.15, -0.1) is 0 Å². The van der Waals surface area contributed by atoms with Crippen molar-refractivity contribution in [3.8, 4) is 22.8 Å². The number of methoxy groups -OCH3 is 1. The second-order valence-electron chi connectivity index (χ2n) is 6.54. The maximum atomic E-state index is 13.4. The topological polar surface area (TPSA) is 94.3 Å². The average molecular weight is 417 g/mol. The van der Waals surface area contributed by atoms with Crippen molar-refractivity contribution < 1.29 is 23.2 Å². The van der Waals surface area contributed by atoms with E-state index in [1.54, 1.807) is 60.7 Å². The standard InChI is InChI=1S/C23H16FN3O4/c1-30-23(29)14-8-10-19(11-9-14)25-21(28)16-5-2-6-17(12-16)22-26-20(27-31-22)15-4-3-7-18(24)13-15/h2-13H,1H3,(H,25,28). The van der Waals surface area contributed by atoms with Crippen molar-refractivity contribution in [2.75, 3.05) is 12.4 Å². The Morgan fingerprint density at radius 3 is 2.42 bits per heavy atom. The van der Waals surface area contributed by atoms with Crippen LogP contribution in [0.4, 0.5) is 10.1 Å². The summed E-state index contributed by atoms with van der Waals surface area (Å²) < 4.78 is 23.4. The fourth-order valence-corrected chi connectivity index (χ4v) is 2.89. The SMILES string of the molecule is COC(=O)c1ccc(NC(=O)c2cccc(-c3nc(-c4cccc(F)c4)no3)c2)cc1. The Kier molecular flexibility index (Phi) is 5.53. The number of halogens is 1. The molecule has 0 spiro atoms. The molecule has 3 aromatic carbocycles. The molecule has 0 saturated carbocycles. The number of nitrogens with zero attached hydrogens (tertiary/aromatic N) is 2. The number of ether oxygens (including phenoxy) is 1. The van der Waals surface area contributed by atoms with Crippen LogP contribution in [0.15, 0.2) is 77.3 Å². The van der Waals surface area contributed by atoms with Gasteiger partial charge in [-0.3, -0.25) is 4.79 Å². The third-order valence-corrected chi connectivity index (χ3v) is 4.44. The van der Waals surface area contributed by atoms with Gasteiger partial charge in [0, 0.05) is 22.4 Å². The minimum absolute atomic E-state index is 0.205. The number of hydrogen-bond acceptors (Lipinski definition) is 6. The highest BCUT2D eigenvalue weighted by molar-refractivity contribution is 6.05. The second-order valence-corrected chi connectivity index (χ2v) is 6.54. The Morgan fingerprint density at radius 1 is 0.935 bits per heavy atom. The van der Waals surface area contributed by atoms with Crippen LogP contribution in [0, 0.1) is 5.82 Å². The zero-order valence-corrected chi connectivity index (χ0v) is 16.3. The number of hydrogen-bond donors (Lipinski definition) is 1. The first kappa shape index (κ1) is 20.0. The van der Waals surface area contributed by atoms with Crippen molar-refractivity contribution >= 4 is 17.6 Å². The lowest BCUT2D eigenvalue weighted by atomic mass is 10.1. The number of nitrogens with one attached hydrogen (secondary N) is 1. The summed E-state index contributed by atoms with van der Waals surface area (Å²) in [6.45, 7) is 0. The number of anilines is 1. The van der Waals surface area contributed by atoms with Crippen LogP contribution < -0.4 is 5.32 Å². The molecule has 0 bridgehead atoms. The van der Waals surface area contributed by atoms with E-state index in [9.17, 15) is 14.0 Å². The van der Waals surface area contributed by atoms with E-state index < -0.39 is 11.8 Å². The van der Waals surface area contributed by atoms with E-state index >= 15 is 0 Å². The molecule has 0 aliphatic rings. The number of aromatic nitrogens is 2. The lowest BCUT2D eigenvalue weighted by molar-refractivity contribution is 0.0600. The molecule has 0 unspecified atom stereocenters. The predicted molar refractivity (Wildman–Crippen MR) is 111 cm³/mol. The third kappa shape index (κ3) is 4.48. The first-order valence-electron chi connectivity index (χ1n) is 9.23. The molecule has 0 saturated heterocycles. The molecule has 4 rings (SSSR count). The van der Waals surface area contributed by atoms with E-state index in [1.165, 1.54) is 19.2 Å². The Bertz CT molecular complexity index is 1250. The molecule has 1 amide bonds. The second kappa shape index (κ2) is 8.58. The molecule has 0 fully saturated rings. The van der Waals surface area contributed by atoms with Crippen LogP contribution in [-0.4, -0.2) is 29.1 Å². The van der Waals surface area contributed by atoms with Crippen LogP contribution in [0.1, 0.15) is 20.7 Å². The maximum Gasteiger partial charge on any atom is 0.337 e. The minimum atomic E-state index is -0.456. The van der Waals surface area contributed by atoms with Crippen LogP contribution in [0.25, 0.3) is 22.8 Å². The van der Waals surface area contributed by atoms with Crippen LogP contribution in [0.2, 0.25) is 0 Å². The summed E-state index contributed by atoms with van der Waals surface area (Å²) in [5.41, 5.74) is 2.31. The van der Waals surface area contributed by atoms with Crippen molar-refractivity contribution in [3.05, 3.63) is 89.7 Å². The zero-order valence-electron chi connectivity index (χ0n) is 16.3. The summed E-state index contributed by atoms with van der Waals surface area (Å²) in [6, 6.07) is 18.9. The van der Waals surface area contributed by atoms with E-state index in [1.807, 2.05) is 0 Å².